The van der Waals surface area contributed by atoms with Crippen molar-refractivity contribution in [3.63, 3.8) is 0 Å². The number of ether oxygens (including phenoxy) is 2. The minimum atomic E-state index is -0.0461. The fourth-order valence-electron chi connectivity index (χ4n) is 4.76. The summed E-state index contributed by atoms with van der Waals surface area (Å²) < 4.78 is 12.4. The molecule has 1 aliphatic rings. The van der Waals surface area contributed by atoms with Gasteiger partial charge in [-0.15, -0.1) is 0 Å². The summed E-state index contributed by atoms with van der Waals surface area (Å²) in [5, 5.41) is 1.85. The molecule has 5 rings (SSSR count). The molecule has 0 saturated carbocycles. The minimum absolute atomic E-state index is 0.0461. The van der Waals surface area contributed by atoms with Crippen LogP contribution < -0.4 is 15.0 Å². The molecule has 1 N–H and O–H groups in total. The number of benzene rings is 2. The molecule has 34 heavy (non-hydrogen) atoms. The molecule has 4 aromatic rings. The molecule has 7 nitrogen and oxygen atoms in total. The van der Waals surface area contributed by atoms with Crippen molar-refractivity contribution in [3.05, 3.63) is 70.9 Å². The zero-order valence-corrected chi connectivity index (χ0v) is 19.7. The Morgan fingerprint density at radius 3 is 2.62 bits per heavy atom. The highest BCUT2D eigenvalue weighted by Gasteiger charge is 2.15. The number of aryl methyl sites for hydroxylation is 1. The van der Waals surface area contributed by atoms with Gasteiger partial charge in [0.25, 0.3) is 5.56 Å². The average Bonchev–Trinajstić information content (AvgIpc) is 3.31. The van der Waals surface area contributed by atoms with Crippen molar-refractivity contribution in [2.45, 2.75) is 25.8 Å². The summed E-state index contributed by atoms with van der Waals surface area (Å²) in [5.41, 5.74) is 4.51. The van der Waals surface area contributed by atoms with Crippen LogP contribution in [0.5, 0.6) is 11.5 Å². The number of unbranched alkanes of at least 4 members (excludes halogenated alkanes) is 1. The van der Waals surface area contributed by atoms with E-state index in [4.69, 9.17) is 9.47 Å². The molecule has 0 bridgehead atoms. The lowest BCUT2D eigenvalue weighted by Crippen LogP contribution is -2.30. The van der Waals surface area contributed by atoms with Gasteiger partial charge in [0, 0.05) is 48.4 Å². The number of hydrogen-bond acceptors (Lipinski definition) is 5. The maximum absolute atomic E-state index is 12.9. The van der Waals surface area contributed by atoms with E-state index in [0.717, 1.165) is 38.9 Å². The maximum atomic E-state index is 12.9. The van der Waals surface area contributed by atoms with E-state index in [1.54, 1.807) is 37.2 Å². The predicted octanol–water partition coefficient (Wildman–Crippen LogP) is 4.46. The molecule has 0 radical (unpaired) electrons. The van der Waals surface area contributed by atoms with E-state index in [0.29, 0.717) is 28.9 Å². The Labute approximate surface area is 198 Å². The number of hydrogen-bond donors (Lipinski definition) is 1. The quantitative estimate of drug-likeness (QED) is 0.395. The number of aromatic amines is 1. The van der Waals surface area contributed by atoms with E-state index in [1.807, 2.05) is 0 Å². The maximum Gasteiger partial charge on any atom is 0.261 e. The van der Waals surface area contributed by atoms with Gasteiger partial charge in [0.1, 0.15) is 0 Å². The van der Waals surface area contributed by atoms with Gasteiger partial charge in [-0.3, -0.25) is 14.3 Å². The Bertz CT molecular complexity index is 1400. The highest BCUT2D eigenvalue weighted by Crippen LogP contribution is 2.30. The number of nitrogens with zero attached hydrogens (tertiary/aromatic N) is 3. The van der Waals surface area contributed by atoms with Gasteiger partial charge in [0.15, 0.2) is 11.5 Å². The van der Waals surface area contributed by atoms with Crippen molar-refractivity contribution in [1.29, 1.82) is 0 Å². The molecule has 0 aliphatic carbocycles. The van der Waals surface area contributed by atoms with Crippen LogP contribution in [0.3, 0.4) is 0 Å². The van der Waals surface area contributed by atoms with Crippen LogP contribution in [-0.4, -0.2) is 53.3 Å². The van der Waals surface area contributed by atoms with Crippen molar-refractivity contribution in [2.75, 3.05) is 33.9 Å². The summed E-state index contributed by atoms with van der Waals surface area (Å²) in [7, 11) is 3.14. The van der Waals surface area contributed by atoms with Crippen molar-refractivity contribution in [3.8, 4) is 11.5 Å². The van der Waals surface area contributed by atoms with Gasteiger partial charge >= 0.3 is 0 Å². The summed E-state index contributed by atoms with van der Waals surface area (Å²) in [6.07, 6.45) is 9.14. The summed E-state index contributed by atoms with van der Waals surface area (Å²) in [5.74, 6) is 1.11. The molecule has 2 aromatic carbocycles. The number of fused-ring (bicyclic) bond motifs is 2. The SMILES string of the molecule is COc1cc2ncn(CCCCN3CC=C(c4c[nH]c5ccccc45)CC3)c(=O)c2cc1OC. The third kappa shape index (κ3) is 4.31. The van der Waals surface area contributed by atoms with Gasteiger partial charge in [0.2, 0.25) is 0 Å². The lowest BCUT2D eigenvalue weighted by atomic mass is 9.99. The lowest BCUT2D eigenvalue weighted by molar-refractivity contribution is 0.292. The summed E-state index contributed by atoms with van der Waals surface area (Å²) >= 11 is 0. The number of rotatable bonds is 8. The fourth-order valence-corrected chi connectivity index (χ4v) is 4.76. The average molecular weight is 459 g/mol. The van der Waals surface area contributed by atoms with Gasteiger partial charge in [0.05, 0.1) is 31.4 Å². The number of para-hydroxylation sites is 1. The molecule has 0 unspecified atom stereocenters. The van der Waals surface area contributed by atoms with Gasteiger partial charge in [-0.1, -0.05) is 24.3 Å². The lowest BCUT2D eigenvalue weighted by Gasteiger charge is -2.26. The molecule has 0 fully saturated rings. The van der Waals surface area contributed by atoms with E-state index in [1.165, 1.54) is 22.0 Å². The first-order chi connectivity index (χ1) is 16.7. The van der Waals surface area contributed by atoms with Gasteiger partial charge in [-0.05, 0) is 43.5 Å². The second kappa shape index (κ2) is 9.73. The largest absolute Gasteiger partial charge is 0.493 e. The first-order valence-electron chi connectivity index (χ1n) is 11.8. The Kier molecular flexibility index (Phi) is 6.36. The minimum Gasteiger partial charge on any atom is -0.493 e. The first-order valence-corrected chi connectivity index (χ1v) is 11.8. The Balaban J connectivity index is 1.17. The zero-order chi connectivity index (χ0) is 23.5. The third-order valence-electron chi connectivity index (χ3n) is 6.68. The second-order valence-electron chi connectivity index (χ2n) is 8.70. The number of H-pyrrole nitrogens is 1. The normalized spacial score (nSPS) is 14.5. The highest BCUT2D eigenvalue weighted by molar-refractivity contribution is 5.92. The van der Waals surface area contributed by atoms with Crippen LogP contribution in [0.1, 0.15) is 24.8 Å². The fraction of sp³-hybridized carbons (Fsp3) is 0.333. The van der Waals surface area contributed by atoms with Crippen molar-refractivity contribution >= 4 is 27.4 Å². The molecular weight excluding hydrogens is 428 g/mol. The molecule has 0 amide bonds. The van der Waals surface area contributed by atoms with E-state index in [9.17, 15) is 4.79 Å². The van der Waals surface area contributed by atoms with Crippen LogP contribution in [0, 0.1) is 0 Å². The summed E-state index contributed by atoms with van der Waals surface area (Å²) in [6, 6.07) is 11.9. The van der Waals surface area contributed by atoms with Crippen molar-refractivity contribution in [1.82, 2.24) is 19.4 Å². The Morgan fingerprint density at radius 2 is 1.82 bits per heavy atom. The number of aromatic nitrogens is 3. The Morgan fingerprint density at radius 1 is 1.03 bits per heavy atom. The van der Waals surface area contributed by atoms with Crippen LogP contribution in [0.15, 0.2) is 59.8 Å². The first kappa shape index (κ1) is 22.2. The third-order valence-corrected chi connectivity index (χ3v) is 6.68. The topological polar surface area (TPSA) is 72.4 Å². The molecule has 176 valence electrons. The van der Waals surface area contributed by atoms with Crippen molar-refractivity contribution < 1.29 is 9.47 Å². The van der Waals surface area contributed by atoms with Crippen molar-refractivity contribution in [2.24, 2.45) is 0 Å². The molecule has 3 heterocycles. The number of nitrogens with one attached hydrogen (secondary N) is 1. The highest BCUT2D eigenvalue weighted by atomic mass is 16.5. The van der Waals surface area contributed by atoms with E-state index in [2.05, 4.69) is 51.4 Å². The molecule has 0 saturated heterocycles. The zero-order valence-electron chi connectivity index (χ0n) is 19.7. The van der Waals surface area contributed by atoms with Crippen LogP contribution >= 0.6 is 0 Å². The molecule has 7 heteroatoms. The standard InChI is InChI=1S/C27H30N4O3/c1-33-25-15-21-24(16-26(25)34-2)29-18-31(27(21)32)12-6-5-11-30-13-9-19(10-14-30)22-17-28-23-8-4-3-7-20(22)23/h3-4,7-9,15-18,28H,5-6,10-14H2,1-2H3. The number of methoxy groups -OCH3 is 2. The molecule has 0 atom stereocenters. The van der Waals surface area contributed by atoms with Crippen LogP contribution in [0.25, 0.3) is 27.4 Å². The monoisotopic (exact) mass is 458 g/mol. The molecule has 0 spiro atoms. The predicted molar refractivity (Wildman–Crippen MR) is 136 cm³/mol. The van der Waals surface area contributed by atoms with Gasteiger partial charge in [-0.25, -0.2) is 4.98 Å². The van der Waals surface area contributed by atoms with E-state index < -0.39 is 0 Å². The van der Waals surface area contributed by atoms with E-state index >= 15 is 0 Å². The molecule has 1 aliphatic heterocycles. The Hall–Kier alpha value is -3.58. The van der Waals surface area contributed by atoms with E-state index in [-0.39, 0.29) is 5.56 Å². The smallest absolute Gasteiger partial charge is 0.261 e. The van der Waals surface area contributed by atoms with Gasteiger partial charge < -0.3 is 14.5 Å². The summed E-state index contributed by atoms with van der Waals surface area (Å²) in [4.78, 5) is 23.3. The van der Waals surface area contributed by atoms with Crippen LogP contribution in [-0.2, 0) is 6.54 Å². The second-order valence-corrected chi connectivity index (χ2v) is 8.70. The van der Waals surface area contributed by atoms with Crippen LogP contribution in [0.4, 0.5) is 0 Å². The van der Waals surface area contributed by atoms with Gasteiger partial charge in [-0.2, -0.15) is 0 Å². The molecular formula is C27H30N4O3. The molecule has 2 aromatic heterocycles. The summed E-state index contributed by atoms with van der Waals surface area (Å²) in [6.45, 7) is 3.71. The van der Waals surface area contributed by atoms with Crippen LogP contribution in [0.2, 0.25) is 0 Å².